The zero-order valence-corrected chi connectivity index (χ0v) is 11.5. The number of nitrogens with one attached hydrogen (secondary N) is 1. The van der Waals surface area contributed by atoms with E-state index in [4.69, 9.17) is 4.74 Å². The lowest BCUT2D eigenvalue weighted by Gasteiger charge is -2.34. The molecule has 17 heavy (non-hydrogen) atoms. The van der Waals surface area contributed by atoms with Crippen LogP contribution in [-0.2, 0) is 4.74 Å². The van der Waals surface area contributed by atoms with E-state index in [1.165, 1.54) is 51.7 Å². The van der Waals surface area contributed by atoms with Crippen LogP contribution in [0, 0.1) is 5.92 Å². The third kappa shape index (κ3) is 3.67. The summed E-state index contributed by atoms with van der Waals surface area (Å²) in [5.74, 6) is 0.878. The zero-order valence-electron chi connectivity index (χ0n) is 11.5. The average molecular weight is 240 g/mol. The Balaban J connectivity index is 1.70. The smallest absolute Gasteiger partial charge is 0.0599 e. The van der Waals surface area contributed by atoms with Gasteiger partial charge in [-0.25, -0.2) is 0 Å². The van der Waals surface area contributed by atoms with Crippen LogP contribution in [-0.4, -0.2) is 50.3 Å². The van der Waals surface area contributed by atoms with Crippen molar-refractivity contribution in [2.75, 3.05) is 33.3 Å². The summed E-state index contributed by atoms with van der Waals surface area (Å²) < 4.78 is 5.70. The van der Waals surface area contributed by atoms with Gasteiger partial charge in [0.2, 0.25) is 0 Å². The standard InChI is InChI=1S/C14H28N2O/c1-3-17-13-7-9-16(10-8-13)11-12-5-4-6-14(12)15-2/h12-15H,3-11H2,1-2H3. The molecule has 2 fully saturated rings. The molecule has 1 aliphatic heterocycles. The van der Waals surface area contributed by atoms with Crippen molar-refractivity contribution in [3.05, 3.63) is 0 Å². The van der Waals surface area contributed by atoms with Crippen LogP contribution in [0.5, 0.6) is 0 Å². The summed E-state index contributed by atoms with van der Waals surface area (Å²) in [6.45, 7) is 6.73. The quantitative estimate of drug-likeness (QED) is 0.794. The number of hydrogen-bond donors (Lipinski definition) is 1. The van der Waals surface area contributed by atoms with Gasteiger partial charge < -0.3 is 15.0 Å². The van der Waals surface area contributed by atoms with Crippen LogP contribution in [0.25, 0.3) is 0 Å². The molecule has 2 atom stereocenters. The molecule has 0 radical (unpaired) electrons. The van der Waals surface area contributed by atoms with Crippen molar-refractivity contribution in [1.82, 2.24) is 10.2 Å². The van der Waals surface area contributed by atoms with E-state index in [0.29, 0.717) is 6.10 Å². The summed E-state index contributed by atoms with van der Waals surface area (Å²) in [5, 5.41) is 3.48. The Morgan fingerprint density at radius 1 is 1.18 bits per heavy atom. The van der Waals surface area contributed by atoms with E-state index >= 15 is 0 Å². The molecule has 0 aromatic carbocycles. The highest BCUT2D eigenvalue weighted by atomic mass is 16.5. The number of rotatable bonds is 5. The fourth-order valence-electron chi connectivity index (χ4n) is 3.46. The van der Waals surface area contributed by atoms with Gasteiger partial charge in [-0.15, -0.1) is 0 Å². The van der Waals surface area contributed by atoms with Gasteiger partial charge in [-0.3, -0.25) is 0 Å². The maximum absolute atomic E-state index is 5.70. The SMILES string of the molecule is CCOC1CCN(CC2CCCC2NC)CC1. The average Bonchev–Trinajstić information content (AvgIpc) is 2.79. The molecule has 1 heterocycles. The second-order valence-corrected chi connectivity index (χ2v) is 5.54. The van der Waals surface area contributed by atoms with Crippen molar-refractivity contribution < 1.29 is 4.74 Å². The number of ether oxygens (including phenoxy) is 1. The molecule has 0 aromatic rings. The number of piperidine rings is 1. The van der Waals surface area contributed by atoms with Crippen LogP contribution in [0.4, 0.5) is 0 Å². The first kappa shape index (κ1) is 13.3. The van der Waals surface area contributed by atoms with Gasteiger partial charge in [0, 0.05) is 32.3 Å². The first-order chi connectivity index (χ1) is 8.33. The van der Waals surface area contributed by atoms with Crippen LogP contribution < -0.4 is 5.32 Å². The number of nitrogens with zero attached hydrogens (tertiary/aromatic N) is 1. The molecular weight excluding hydrogens is 212 g/mol. The van der Waals surface area contributed by atoms with Crippen LogP contribution in [0.3, 0.4) is 0 Å². The molecule has 3 heteroatoms. The highest BCUT2D eigenvalue weighted by molar-refractivity contribution is 4.85. The molecule has 1 aliphatic carbocycles. The van der Waals surface area contributed by atoms with E-state index in [1.54, 1.807) is 0 Å². The van der Waals surface area contributed by atoms with Gasteiger partial charge in [-0.1, -0.05) is 6.42 Å². The van der Waals surface area contributed by atoms with Crippen molar-refractivity contribution in [1.29, 1.82) is 0 Å². The highest BCUT2D eigenvalue weighted by Gasteiger charge is 2.29. The Morgan fingerprint density at radius 2 is 1.94 bits per heavy atom. The van der Waals surface area contributed by atoms with Crippen LogP contribution in [0.15, 0.2) is 0 Å². The monoisotopic (exact) mass is 240 g/mol. The molecular formula is C14H28N2O. The van der Waals surface area contributed by atoms with Gasteiger partial charge in [0.1, 0.15) is 0 Å². The Morgan fingerprint density at radius 3 is 2.59 bits per heavy atom. The van der Waals surface area contributed by atoms with Gasteiger partial charge in [0.15, 0.2) is 0 Å². The maximum atomic E-state index is 5.70. The molecule has 2 aliphatic rings. The zero-order chi connectivity index (χ0) is 12.1. The fraction of sp³-hybridized carbons (Fsp3) is 1.00. The Bertz CT molecular complexity index is 214. The van der Waals surface area contributed by atoms with Crippen LogP contribution >= 0.6 is 0 Å². The summed E-state index contributed by atoms with van der Waals surface area (Å²) >= 11 is 0. The van der Waals surface area contributed by atoms with E-state index in [1.807, 2.05) is 0 Å². The predicted molar refractivity (Wildman–Crippen MR) is 71.3 cm³/mol. The van der Waals surface area contributed by atoms with E-state index in [9.17, 15) is 0 Å². The summed E-state index contributed by atoms with van der Waals surface area (Å²) in [6.07, 6.45) is 7.18. The van der Waals surface area contributed by atoms with E-state index in [-0.39, 0.29) is 0 Å². The van der Waals surface area contributed by atoms with Gasteiger partial charge in [0.05, 0.1) is 6.10 Å². The molecule has 0 amide bonds. The molecule has 0 aromatic heterocycles. The summed E-state index contributed by atoms with van der Waals surface area (Å²) in [5.41, 5.74) is 0. The molecule has 1 saturated heterocycles. The van der Waals surface area contributed by atoms with Gasteiger partial charge in [-0.05, 0) is 45.6 Å². The summed E-state index contributed by atoms with van der Waals surface area (Å²) in [4.78, 5) is 2.65. The van der Waals surface area contributed by atoms with Gasteiger partial charge >= 0.3 is 0 Å². The Hall–Kier alpha value is -0.120. The minimum Gasteiger partial charge on any atom is -0.378 e. The van der Waals surface area contributed by atoms with Gasteiger partial charge in [-0.2, -0.15) is 0 Å². The topological polar surface area (TPSA) is 24.5 Å². The lowest BCUT2D eigenvalue weighted by molar-refractivity contribution is 0.0105. The second-order valence-electron chi connectivity index (χ2n) is 5.54. The van der Waals surface area contributed by atoms with E-state index in [0.717, 1.165) is 18.6 Å². The molecule has 3 nitrogen and oxygen atoms in total. The first-order valence-corrected chi connectivity index (χ1v) is 7.34. The minimum absolute atomic E-state index is 0.528. The van der Waals surface area contributed by atoms with Crippen molar-refractivity contribution in [2.45, 2.75) is 51.2 Å². The Labute approximate surface area is 106 Å². The molecule has 100 valence electrons. The normalized spacial score (nSPS) is 32.1. The Kier molecular flexibility index (Phi) is 5.26. The van der Waals surface area contributed by atoms with Crippen molar-refractivity contribution in [3.8, 4) is 0 Å². The maximum Gasteiger partial charge on any atom is 0.0599 e. The van der Waals surface area contributed by atoms with E-state index < -0.39 is 0 Å². The third-order valence-corrected chi connectivity index (χ3v) is 4.46. The highest BCUT2D eigenvalue weighted by Crippen LogP contribution is 2.27. The molecule has 0 spiro atoms. The molecule has 2 unspecified atom stereocenters. The predicted octanol–water partition coefficient (Wildman–Crippen LogP) is 1.88. The summed E-state index contributed by atoms with van der Waals surface area (Å²) in [7, 11) is 2.12. The van der Waals surface area contributed by atoms with Crippen molar-refractivity contribution in [3.63, 3.8) is 0 Å². The largest absolute Gasteiger partial charge is 0.378 e. The number of likely N-dealkylation sites (tertiary alicyclic amines) is 1. The van der Waals surface area contributed by atoms with Crippen LogP contribution in [0.2, 0.25) is 0 Å². The van der Waals surface area contributed by atoms with Crippen molar-refractivity contribution in [2.24, 2.45) is 5.92 Å². The second kappa shape index (κ2) is 6.72. The van der Waals surface area contributed by atoms with Crippen molar-refractivity contribution >= 4 is 0 Å². The molecule has 1 saturated carbocycles. The number of hydrogen-bond acceptors (Lipinski definition) is 3. The lowest BCUT2D eigenvalue weighted by Crippen LogP contribution is -2.43. The summed E-state index contributed by atoms with van der Waals surface area (Å²) in [6, 6.07) is 0.764. The molecule has 2 rings (SSSR count). The molecule has 0 bridgehead atoms. The fourth-order valence-corrected chi connectivity index (χ4v) is 3.46. The van der Waals surface area contributed by atoms with Crippen LogP contribution in [0.1, 0.15) is 39.0 Å². The van der Waals surface area contributed by atoms with E-state index in [2.05, 4.69) is 24.2 Å². The first-order valence-electron chi connectivity index (χ1n) is 7.34. The minimum atomic E-state index is 0.528. The lowest BCUT2D eigenvalue weighted by atomic mass is 10.0. The molecule has 1 N–H and O–H groups in total. The van der Waals surface area contributed by atoms with Gasteiger partial charge in [0.25, 0.3) is 0 Å². The third-order valence-electron chi connectivity index (χ3n) is 4.46.